The number of rotatable bonds is 13. The summed E-state index contributed by atoms with van der Waals surface area (Å²) in [7, 11) is -4.27. The van der Waals surface area contributed by atoms with Gasteiger partial charge in [0, 0.05) is 33.2 Å². The van der Waals surface area contributed by atoms with Crippen molar-refractivity contribution >= 4 is 73.9 Å². The maximum atomic E-state index is 14.2. The SMILES string of the molecule is CCCCNC(=O)[C@H](CC)N(Cc1ccc(Cl)cc1Cl)C(=O)CN(c1cc(Cl)cc(Cl)c1)S(=O)(=O)c1ccc(C)cc1. The molecule has 3 rings (SSSR count). The van der Waals surface area contributed by atoms with E-state index in [2.05, 4.69) is 5.32 Å². The molecule has 0 fully saturated rings. The fourth-order valence-electron chi connectivity index (χ4n) is 4.31. The Bertz CT molecular complexity index is 1500. The zero-order valence-electron chi connectivity index (χ0n) is 23.5. The first-order chi connectivity index (χ1) is 19.9. The first kappa shape index (κ1) is 34.0. The predicted octanol–water partition coefficient (Wildman–Crippen LogP) is 7.53. The molecule has 3 aromatic carbocycles. The van der Waals surface area contributed by atoms with Crippen LogP contribution in [0.1, 0.15) is 44.2 Å². The van der Waals surface area contributed by atoms with Gasteiger partial charge in [-0.05, 0) is 67.8 Å². The Balaban J connectivity index is 2.09. The molecule has 1 N–H and O–H groups in total. The minimum absolute atomic E-state index is 0.0198. The van der Waals surface area contributed by atoms with Gasteiger partial charge in [0.15, 0.2) is 0 Å². The summed E-state index contributed by atoms with van der Waals surface area (Å²) in [5.41, 5.74) is 1.52. The van der Waals surface area contributed by atoms with Gasteiger partial charge in [-0.25, -0.2) is 8.42 Å². The average Bonchev–Trinajstić information content (AvgIpc) is 2.92. The lowest BCUT2D eigenvalue weighted by molar-refractivity contribution is -0.140. The Morgan fingerprint density at radius 2 is 1.52 bits per heavy atom. The third-order valence-electron chi connectivity index (χ3n) is 6.59. The number of hydrogen-bond donors (Lipinski definition) is 1. The van der Waals surface area contributed by atoms with Gasteiger partial charge in [0.25, 0.3) is 10.0 Å². The molecule has 0 heterocycles. The normalized spacial score (nSPS) is 12.1. The van der Waals surface area contributed by atoms with E-state index in [1.807, 2.05) is 13.8 Å². The number of sulfonamides is 1. The second-order valence-electron chi connectivity index (χ2n) is 9.78. The van der Waals surface area contributed by atoms with Crippen LogP contribution in [0.4, 0.5) is 5.69 Å². The van der Waals surface area contributed by atoms with Crippen molar-refractivity contribution in [2.45, 2.75) is 57.5 Å². The van der Waals surface area contributed by atoms with E-state index in [0.717, 1.165) is 22.7 Å². The molecule has 42 heavy (non-hydrogen) atoms. The number of benzene rings is 3. The van der Waals surface area contributed by atoms with E-state index < -0.39 is 28.5 Å². The van der Waals surface area contributed by atoms with Crippen LogP contribution in [0.2, 0.25) is 20.1 Å². The number of hydrogen-bond acceptors (Lipinski definition) is 4. The van der Waals surface area contributed by atoms with Crippen molar-refractivity contribution in [3.8, 4) is 0 Å². The summed E-state index contributed by atoms with van der Waals surface area (Å²) in [6, 6.07) is 14.5. The third kappa shape index (κ3) is 8.77. The molecule has 0 bridgehead atoms. The van der Waals surface area contributed by atoms with Gasteiger partial charge < -0.3 is 10.2 Å². The number of carbonyl (C=O) groups excluding carboxylic acids is 2. The summed E-state index contributed by atoms with van der Waals surface area (Å²) >= 11 is 25.0. The van der Waals surface area contributed by atoms with Crippen molar-refractivity contribution in [1.82, 2.24) is 10.2 Å². The highest BCUT2D eigenvalue weighted by Crippen LogP contribution is 2.31. The van der Waals surface area contributed by atoms with Crippen molar-refractivity contribution in [1.29, 1.82) is 0 Å². The van der Waals surface area contributed by atoms with Crippen molar-refractivity contribution in [2.75, 3.05) is 17.4 Å². The monoisotopic (exact) mass is 671 g/mol. The highest BCUT2D eigenvalue weighted by atomic mass is 35.5. The molecule has 226 valence electrons. The number of aryl methyl sites for hydroxylation is 1. The molecule has 0 aliphatic carbocycles. The van der Waals surface area contributed by atoms with Gasteiger partial charge in [0.2, 0.25) is 11.8 Å². The van der Waals surface area contributed by atoms with E-state index in [4.69, 9.17) is 46.4 Å². The van der Waals surface area contributed by atoms with Gasteiger partial charge in [-0.15, -0.1) is 0 Å². The number of halogens is 4. The minimum Gasteiger partial charge on any atom is -0.354 e. The Labute approximate surface area is 267 Å². The number of nitrogens with zero attached hydrogens (tertiary/aromatic N) is 2. The summed E-state index contributed by atoms with van der Waals surface area (Å²) < 4.78 is 28.9. The molecule has 3 aromatic rings. The highest BCUT2D eigenvalue weighted by Gasteiger charge is 2.34. The first-order valence-electron chi connectivity index (χ1n) is 13.4. The van der Waals surface area contributed by atoms with E-state index in [1.165, 1.54) is 35.2 Å². The highest BCUT2D eigenvalue weighted by molar-refractivity contribution is 7.92. The largest absolute Gasteiger partial charge is 0.354 e. The van der Waals surface area contributed by atoms with Crippen LogP contribution in [0.3, 0.4) is 0 Å². The maximum absolute atomic E-state index is 14.2. The second kappa shape index (κ2) is 15.3. The van der Waals surface area contributed by atoms with E-state index >= 15 is 0 Å². The van der Waals surface area contributed by atoms with Crippen LogP contribution in [0.15, 0.2) is 65.6 Å². The first-order valence-corrected chi connectivity index (χ1v) is 16.4. The zero-order valence-corrected chi connectivity index (χ0v) is 27.4. The van der Waals surface area contributed by atoms with Crippen molar-refractivity contribution in [3.05, 3.63) is 91.9 Å². The lowest BCUT2D eigenvalue weighted by Gasteiger charge is -2.33. The number of anilines is 1. The molecule has 7 nitrogen and oxygen atoms in total. The van der Waals surface area contributed by atoms with Gasteiger partial charge >= 0.3 is 0 Å². The topological polar surface area (TPSA) is 86.8 Å². The third-order valence-corrected chi connectivity index (χ3v) is 9.41. The van der Waals surface area contributed by atoms with Crippen LogP contribution in [0.5, 0.6) is 0 Å². The Morgan fingerprint density at radius 3 is 2.10 bits per heavy atom. The Hall–Kier alpha value is -2.49. The molecule has 2 amide bonds. The summed E-state index contributed by atoms with van der Waals surface area (Å²) in [6.07, 6.45) is 1.94. The van der Waals surface area contributed by atoms with Crippen molar-refractivity contribution < 1.29 is 18.0 Å². The van der Waals surface area contributed by atoms with Gasteiger partial charge in [-0.2, -0.15) is 0 Å². The lowest BCUT2D eigenvalue weighted by Crippen LogP contribution is -2.52. The molecule has 0 saturated carbocycles. The van der Waals surface area contributed by atoms with E-state index in [0.29, 0.717) is 22.2 Å². The lowest BCUT2D eigenvalue weighted by atomic mass is 10.1. The fourth-order valence-corrected chi connectivity index (χ4v) is 6.69. The fraction of sp³-hybridized carbons (Fsp3) is 0.333. The van der Waals surface area contributed by atoms with Crippen LogP contribution in [-0.2, 0) is 26.2 Å². The molecule has 0 aliphatic heterocycles. The second-order valence-corrected chi connectivity index (χ2v) is 13.4. The van der Waals surface area contributed by atoms with E-state index in [1.54, 1.807) is 37.3 Å². The number of unbranched alkanes of at least 4 members (excludes halogenated alkanes) is 1. The van der Waals surface area contributed by atoms with E-state index in [-0.39, 0.29) is 39.5 Å². The quantitative estimate of drug-likeness (QED) is 0.190. The van der Waals surface area contributed by atoms with Crippen molar-refractivity contribution in [2.24, 2.45) is 0 Å². The maximum Gasteiger partial charge on any atom is 0.264 e. The van der Waals surface area contributed by atoms with Crippen LogP contribution >= 0.6 is 46.4 Å². The molecule has 0 unspecified atom stereocenters. The number of carbonyl (C=O) groups is 2. The summed E-state index contributed by atoms with van der Waals surface area (Å²) in [4.78, 5) is 28.8. The Kier molecular flexibility index (Phi) is 12.4. The smallest absolute Gasteiger partial charge is 0.264 e. The summed E-state index contributed by atoms with van der Waals surface area (Å²) in [5.74, 6) is -0.964. The molecular formula is C30H33Cl4N3O4S. The molecule has 1 atom stereocenters. The number of amides is 2. The van der Waals surface area contributed by atoms with Crippen LogP contribution in [0.25, 0.3) is 0 Å². The van der Waals surface area contributed by atoms with Gasteiger partial charge in [0.1, 0.15) is 12.6 Å². The zero-order chi connectivity index (χ0) is 31.0. The van der Waals surface area contributed by atoms with Crippen LogP contribution in [-0.4, -0.2) is 44.3 Å². The average molecular weight is 673 g/mol. The molecule has 0 spiro atoms. The van der Waals surface area contributed by atoms with Gasteiger partial charge in [-0.3, -0.25) is 13.9 Å². The molecule has 12 heteroatoms. The molecule has 0 radical (unpaired) electrons. The van der Waals surface area contributed by atoms with Crippen LogP contribution in [0, 0.1) is 6.92 Å². The number of nitrogens with one attached hydrogen (secondary N) is 1. The Morgan fingerprint density at radius 1 is 0.881 bits per heavy atom. The van der Waals surface area contributed by atoms with Gasteiger partial charge in [0.05, 0.1) is 10.6 Å². The van der Waals surface area contributed by atoms with Crippen LogP contribution < -0.4 is 9.62 Å². The standard InChI is InChI=1S/C30H33Cl4N3O4S/c1-4-6-13-35-30(39)28(5-2)36(18-21-9-10-22(31)17-27(21)34)29(38)19-37(25-15-23(32)14-24(33)16-25)42(40,41)26-11-7-20(3)8-12-26/h7-12,14-17,28H,4-6,13,18-19H2,1-3H3,(H,35,39)/t28-/m0/s1. The molecule has 0 aromatic heterocycles. The molecule has 0 saturated heterocycles. The predicted molar refractivity (Wildman–Crippen MR) is 171 cm³/mol. The summed E-state index contributed by atoms with van der Waals surface area (Å²) in [6.45, 7) is 5.40. The molecule has 0 aliphatic rings. The summed E-state index contributed by atoms with van der Waals surface area (Å²) in [5, 5.41) is 4.01. The van der Waals surface area contributed by atoms with E-state index in [9.17, 15) is 18.0 Å². The van der Waals surface area contributed by atoms with Gasteiger partial charge in [-0.1, -0.05) is 90.4 Å². The molecular weight excluding hydrogens is 640 g/mol. The van der Waals surface area contributed by atoms with Crippen molar-refractivity contribution in [3.63, 3.8) is 0 Å². The minimum atomic E-state index is -4.27.